The van der Waals surface area contributed by atoms with Gasteiger partial charge in [-0.15, -0.1) is 6.58 Å². The summed E-state index contributed by atoms with van der Waals surface area (Å²) < 4.78 is 11.0. The molecule has 7 aliphatic rings. The number of ether oxygens (including phenoxy) is 2. The van der Waals surface area contributed by atoms with Crippen molar-refractivity contribution in [3.63, 3.8) is 0 Å². The van der Waals surface area contributed by atoms with Gasteiger partial charge in [-0.1, -0.05) is 143 Å². The van der Waals surface area contributed by atoms with E-state index in [9.17, 15) is 76.7 Å². The van der Waals surface area contributed by atoms with Crippen molar-refractivity contribution < 1.29 is 86.2 Å². The van der Waals surface area contributed by atoms with Crippen LogP contribution in [0.4, 0.5) is 9.59 Å². The highest BCUT2D eigenvalue weighted by atomic mass is 16.6. The number of hydrogen-bond donors (Lipinski definition) is 12. The minimum Gasteiger partial charge on any atom is -0.444 e. The molecule has 0 aromatic heterocycles. The number of benzene rings is 1. The summed E-state index contributed by atoms with van der Waals surface area (Å²) in [4.78, 5) is 216. The highest BCUT2D eigenvalue weighted by Crippen LogP contribution is 2.68. The molecule has 1 aromatic rings. The van der Waals surface area contributed by atoms with Gasteiger partial charge in [-0.3, -0.25) is 67.3 Å². The minimum absolute atomic E-state index is 0.0310. The van der Waals surface area contributed by atoms with Gasteiger partial charge in [0.2, 0.25) is 64.7 Å². The average molecular weight is 1720 g/mol. The molecule has 2 unspecified atom stereocenters. The predicted octanol–water partition coefficient (Wildman–Crippen LogP) is 5.50. The topological polar surface area (TPSA) is 500 Å². The Morgan fingerprint density at radius 1 is 0.610 bits per heavy atom. The fraction of sp³-hybridized carbons (Fsp3) is 0.719. The molecule has 13 amide bonds. The number of amides is 13. The van der Waals surface area contributed by atoms with E-state index in [1.54, 1.807) is 96.9 Å². The van der Waals surface area contributed by atoms with Crippen molar-refractivity contribution in [2.24, 2.45) is 86.3 Å². The first-order chi connectivity index (χ1) is 57.5. The van der Waals surface area contributed by atoms with Gasteiger partial charge in [0.05, 0.1) is 24.7 Å². The predicted molar refractivity (Wildman–Crippen MR) is 462 cm³/mol. The third-order valence-electron chi connectivity index (χ3n) is 24.7. The first kappa shape index (κ1) is 102. The van der Waals surface area contributed by atoms with Crippen molar-refractivity contribution in [3.05, 3.63) is 48.6 Å². The molecule has 8 rings (SSSR count). The van der Waals surface area contributed by atoms with Gasteiger partial charge in [0.1, 0.15) is 59.8 Å². The van der Waals surface area contributed by atoms with Gasteiger partial charge >= 0.3 is 12.2 Å². The molecule has 2 heterocycles. The molecule has 7 fully saturated rings. The molecule has 5 saturated carbocycles. The fourth-order valence-corrected chi connectivity index (χ4v) is 17.6. The Labute approximate surface area is 725 Å². The maximum atomic E-state index is 14.5. The Balaban J connectivity index is 0.000000297. The molecule has 2 aliphatic heterocycles. The molecule has 15 N–H and O–H groups in total. The minimum atomic E-state index is -1.25. The lowest BCUT2D eigenvalue weighted by Gasteiger charge is -2.63. The van der Waals surface area contributed by atoms with Crippen molar-refractivity contribution in [2.45, 2.75) is 304 Å². The molecule has 0 spiro atoms. The largest absolute Gasteiger partial charge is 0.444 e. The summed E-state index contributed by atoms with van der Waals surface area (Å²) in [5.41, 5.74) is 14.5. The van der Waals surface area contributed by atoms with E-state index < -0.39 is 143 Å². The summed E-state index contributed by atoms with van der Waals surface area (Å²) >= 11 is 0. The number of nitrogens with two attached hydrogens (primary N) is 3. The Bertz CT molecular complexity index is 3930. The van der Waals surface area contributed by atoms with Crippen molar-refractivity contribution in [2.75, 3.05) is 40.3 Å². The first-order valence-electron chi connectivity index (χ1n) is 43.9. The average Bonchev–Trinajstić information content (AvgIpc) is 1.55. The molecule has 1 aromatic carbocycles. The number of carbonyl (C=O) groups excluding carboxylic acids is 16. The quantitative estimate of drug-likeness (QED) is 0.00970. The zero-order chi connectivity index (χ0) is 91.9. The molecule has 123 heavy (non-hydrogen) atoms. The van der Waals surface area contributed by atoms with E-state index in [1.165, 1.54) is 16.7 Å². The molecule has 14 atom stereocenters. The second-order valence-corrected chi connectivity index (χ2v) is 38.5. The van der Waals surface area contributed by atoms with Crippen LogP contribution in [0.1, 0.15) is 244 Å². The van der Waals surface area contributed by atoms with E-state index in [0.717, 1.165) is 83.5 Å². The summed E-state index contributed by atoms with van der Waals surface area (Å²) in [5, 5.41) is 24.2. The number of ketones is 2. The number of alkyl carbamates (subject to hydrolysis) is 2. The van der Waals surface area contributed by atoms with Gasteiger partial charge < -0.3 is 94.0 Å². The lowest BCUT2D eigenvalue weighted by atomic mass is 9.40. The zero-order valence-electron chi connectivity index (χ0n) is 75.6. The van der Waals surface area contributed by atoms with E-state index in [2.05, 4.69) is 87.1 Å². The number of aldehydes is 1. The number of primary amides is 1. The number of fused-ring (bicyclic) bond motifs is 2. The monoisotopic (exact) mass is 1720 g/mol. The van der Waals surface area contributed by atoms with Crippen molar-refractivity contribution >= 4 is 101 Å². The van der Waals surface area contributed by atoms with Crippen molar-refractivity contribution in [1.82, 2.24) is 62.6 Å². The lowest BCUT2D eigenvalue weighted by molar-refractivity contribution is -0.161. The van der Waals surface area contributed by atoms with Crippen LogP contribution in [0, 0.1) is 64.1 Å². The highest BCUT2D eigenvalue weighted by Gasteiger charge is 2.70. The SMILES string of the molecule is C=CCCC(NC(=O)[C@@H]1[C@H]2C[C@H]2CN1C(=O)[C@@H](NC(=O)OC(C)(C)C)C1CCCCC1)C(=O)C(=O)NCC(=O)N[C@H](C(=O)N(C)C)c1ccccc1.CC(=O)N[C@@H](CC(C)C)C(=O)N[C@@H](CC(C)C)C(=O)N[C@H](C=O)CCCN=C(N)N.CC(C)(C)OC(=O)N[C@H](C(=O)N1C[C@H]2[C@@H]([C@H]1C(=O)NC(CC1CC1)C(=O)C(N)=O)C(C)(C)C2(C)C)C1CCCCC1. The number of rotatable bonds is 38. The van der Waals surface area contributed by atoms with Crippen LogP contribution in [-0.2, 0) is 76.6 Å². The van der Waals surface area contributed by atoms with Crippen LogP contribution in [0.15, 0.2) is 48.0 Å². The standard InChI is InChI=1S/C38H54N6O8.C31H50N4O6.C20H38N6O4/c1-7-8-19-27(32(46)34(48)39-21-28(45)41-29(35(49)43(5)6)23-15-11-9-12-16-23)40-33(47)31-26-20-25(26)22-44(31)36(50)30(24-17-13-10-14-18-24)42-37(51)52-38(2,3)4;1-29(2,3)41-28(40)34-22(18-11-9-8-10-12-18)27(39)35-16-19-21(31(6,7)30(19,4)5)23(35)26(38)33-20(15-17-13-14-17)24(36)25(32)37;1-12(2)9-16(24-14(5)28)19(30)26-17(10-13(3)4)18(29)25-15(11-27)7-6-8-23-20(21)22/h7,9,11-12,15-16,24-27,29-31H,1,8,10,13-14,17-22H2,2-6H3,(H,39,48)(H,40,47)(H,41,45)(H,42,51);17-23H,8-16H2,1-7H3,(H2,32,37)(H,33,38)(H,34,40);11-13,15-17H,6-10H2,1-5H3,(H,24,28)(H,25,29)(H,26,30)(H4,21,22,23)/t25-,26-,27?,29-,30-,31-;19-,20?,21-,22-,23-;15-,16-,17-/m000/s1. The Morgan fingerprint density at radius 2 is 1.11 bits per heavy atom. The van der Waals surface area contributed by atoms with Crippen LogP contribution in [0.5, 0.6) is 0 Å². The molecule has 0 radical (unpaired) electrons. The first-order valence-corrected chi connectivity index (χ1v) is 43.9. The van der Waals surface area contributed by atoms with Gasteiger partial charge in [-0.2, -0.15) is 0 Å². The number of guanidine groups is 1. The number of likely N-dealkylation sites (N-methyl/N-ethyl adjacent to an activating group) is 1. The Morgan fingerprint density at radius 3 is 1.59 bits per heavy atom. The van der Waals surface area contributed by atoms with Gasteiger partial charge in [-0.05, 0) is 188 Å². The molecular formula is C89H142N16O18. The van der Waals surface area contributed by atoms with Crippen LogP contribution in [0.2, 0.25) is 0 Å². The van der Waals surface area contributed by atoms with Crippen LogP contribution >= 0.6 is 0 Å². The molecule has 0 bridgehead atoms. The fourth-order valence-electron chi connectivity index (χ4n) is 17.6. The van der Waals surface area contributed by atoms with E-state index in [1.807, 2.05) is 27.7 Å². The second-order valence-electron chi connectivity index (χ2n) is 38.5. The van der Waals surface area contributed by atoms with Crippen LogP contribution in [-0.4, -0.2) is 222 Å². The number of likely N-dealkylation sites (tertiary alicyclic amines) is 2. The Kier molecular flexibility index (Phi) is 37.7. The van der Waals surface area contributed by atoms with Crippen molar-refractivity contribution in [1.29, 1.82) is 0 Å². The summed E-state index contributed by atoms with van der Waals surface area (Å²) in [5.74, 6) is -7.49. The molecular weight excluding hydrogens is 1580 g/mol. The van der Waals surface area contributed by atoms with E-state index >= 15 is 0 Å². The van der Waals surface area contributed by atoms with Crippen LogP contribution in [0.3, 0.4) is 0 Å². The normalized spacial score (nSPS) is 21.9. The number of carbonyl (C=O) groups is 16. The second kappa shape index (κ2) is 45.5. The molecule has 2 saturated heterocycles. The molecule has 686 valence electrons. The van der Waals surface area contributed by atoms with Crippen LogP contribution in [0.25, 0.3) is 0 Å². The Hall–Kier alpha value is -10.0. The summed E-state index contributed by atoms with van der Waals surface area (Å²) in [6, 6.07) is -0.278. The maximum absolute atomic E-state index is 14.5. The van der Waals surface area contributed by atoms with Gasteiger partial charge in [-0.25, -0.2) is 9.59 Å². The summed E-state index contributed by atoms with van der Waals surface area (Å²) in [6.07, 6.45) is 15.0. The number of Topliss-reactive ketones (excluding diaryl/α,β-unsaturated/α-hetero) is 2. The van der Waals surface area contributed by atoms with Gasteiger partial charge in [0, 0.05) is 40.7 Å². The van der Waals surface area contributed by atoms with E-state index in [-0.39, 0.29) is 100 Å². The van der Waals surface area contributed by atoms with Gasteiger partial charge in [0.25, 0.3) is 11.8 Å². The number of allylic oxidation sites excluding steroid dienone is 1. The number of nitrogens with one attached hydrogen (secondary N) is 9. The smallest absolute Gasteiger partial charge is 0.408 e. The number of hydrogen-bond acceptors (Lipinski definition) is 19. The number of nitrogens with zero attached hydrogens (tertiary/aromatic N) is 4. The zero-order valence-corrected chi connectivity index (χ0v) is 75.6. The van der Waals surface area contributed by atoms with Crippen molar-refractivity contribution in [3.8, 4) is 0 Å². The third-order valence-corrected chi connectivity index (χ3v) is 24.7. The summed E-state index contributed by atoms with van der Waals surface area (Å²) in [7, 11) is 3.12. The molecule has 5 aliphatic carbocycles. The maximum Gasteiger partial charge on any atom is 0.408 e. The molecule has 34 nitrogen and oxygen atoms in total. The highest BCUT2D eigenvalue weighted by molar-refractivity contribution is 6.39. The van der Waals surface area contributed by atoms with Gasteiger partial charge in [0.15, 0.2) is 5.96 Å². The molecule has 34 heteroatoms. The van der Waals surface area contributed by atoms with E-state index in [0.29, 0.717) is 70.0 Å². The number of aliphatic imine (C=N–C) groups is 1. The third kappa shape index (κ3) is 30.1. The lowest BCUT2D eigenvalue weighted by Crippen LogP contribution is -2.64. The number of piperidine rings is 1. The van der Waals surface area contributed by atoms with Crippen LogP contribution < -0.4 is 65.1 Å². The van der Waals surface area contributed by atoms with E-state index in [4.69, 9.17) is 26.7 Å². The summed E-state index contributed by atoms with van der Waals surface area (Å²) in [6.45, 7) is 32.4.